The van der Waals surface area contributed by atoms with E-state index in [1.54, 1.807) is 11.3 Å². The highest BCUT2D eigenvalue weighted by molar-refractivity contribution is 9.11. The van der Waals surface area contributed by atoms with Gasteiger partial charge in [-0.3, -0.25) is 4.90 Å². The van der Waals surface area contributed by atoms with Crippen LogP contribution in [0.15, 0.2) is 15.2 Å². The Morgan fingerprint density at radius 1 is 1.29 bits per heavy atom. The van der Waals surface area contributed by atoms with Gasteiger partial charge in [-0.1, -0.05) is 0 Å². The summed E-state index contributed by atoms with van der Waals surface area (Å²) in [6.07, 6.45) is 0. The third-order valence-corrected chi connectivity index (χ3v) is 4.04. The van der Waals surface area contributed by atoms with Gasteiger partial charge in [0, 0.05) is 31.4 Å². The molecule has 5 heteroatoms. The average Bonchev–Trinajstić information content (AvgIpc) is 2.53. The minimum Gasteiger partial charge on any atom is -0.297 e. The van der Waals surface area contributed by atoms with Crippen molar-refractivity contribution in [2.24, 2.45) is 0 Å². The predicted octanol–water partition coefficient (Wildman–Crippen LogP) is 3.79. The van der Waals surface area contributed by atoms with Crippen molar-refractivity contribution in [1.82, 2.24) is 4.90 Å². The number of rotatable bonds is 6. The molecule has 0 N–H and O–H groups in total. The fourth-order valence-corrected chi connectivity index (χ4v) is 2.88. The fourth-order valence-electron chi connectivity index (χ4n) is 1.18. The Kier molecular flexibility index (Phi) is 6.46. The summed E-state index contributed by atoms with van der Waals surface area (Å²) in [6, 6.07) is 2.13. The molecule has 0 unspecified atom stereocenters. The molecule has 0 aromatic carbocycles. The second-order valence-electron chi connectivity index (χ2n) is 2.87. The van der Waals surface area contributed by atoms with Crippen molar-refractivity contribution in [3.05, 3.63) is 20.8 Å². The van der Waals surface area contributed by atoms with Gasteiger partial charge >= 0.3 is 0 Å². The Morgan fingerprint density at radius 3 is 2.36 bits per heavy atom. The maximum Gasteiger partial charge on any atom is 0.0743 e. The van der Waals surface area contributed by atoms with E-state index in [2.05, 4.69) is 32.3 Å². The lowest BCUT2D eigenvalue weighted by atomic mass is 10.3. The maximum absolute atomic E-state index is 5.72. The number of thiophene rings is 1. The molecular formula is C9H12BrCl2NS. The second-order valence-corrected chi connectivity index (χ2v) is 5.86. The van der Waals surface area contributed by atoms with Gasteiger partial charge in [0.05, 0.1) is 3.79 Å². The molecule has 0 fully saturated rings. The van der Waals surface area contributed by atoms with Crippen LogP contribution < -0.4 is 0 Å². The maximum atomic E-state index is 5.72. The lowest BCUT2D eigenvalue weighted by Gasteiger charge is -2.19. The number of alkyl halides is 2. The van der Waals surface area contributed by atoms with Gasteiger partial charge in [-0.2, -0.15) is 0 Å². The highest BCUT2D eigenvalue weighted by Gasteiger charge is 2.07. The van der Waals surface area contributed by atoms with Crippen LogP contribution in [0.5, 0.6) is 0 Å². The monoisotopic (exact) mass is 315 g/mol. The molecular weight excluding hydrogens is 305 g/mol. The molecule has 0 saturated heterocycles. The molecule has 0 amide bonds. The van der Waals surface area contributed by atoms with E-state index < -0.39 is 0 Å². The lowest BCUT2D eigenvalue weighted by molar-refractivity contribution is 0.299. The zero-order valence-electron chi connectivity index (χ0n) is 7.68. The number of nitrogens with zero attached hydrogens (tertiary/aromatic N) is 1. The van der Waals surface area contributed by atoms with Crippen LogP contribution in [0.3, 0.4) is 0 Å². The van der Waals surface area contributed by atoms with Gasteiger partial charge in [-0.15, -0.1) is 34.5 Å². The standard InChI is InChI=1S/C9H12BrCl2NS/c10-9-8(1-6-14-9)7-13(4-2-11)5-3-12/h1,6H,2-5,7H2. The Labute approximate surface area is 107 Å². The predicted molar refractivity (Wildman–Crippen MR) is 68.7 cm³/mol. The minimum absolute atomic E-state index is 0.651. The molecule has 1 aromatic rings. The van der Waals surface area contributed by atoms with Gasteiger partial charge in [-0.25, -0.2) is 0 Å². The Hall–Kier alpha value is 0.720. The van der Waals surface area contributed by atoms with Crippen molar-refractivity contribution >= 4 is 50.5 Å². The van der Waals surface area contributed by atoms with E-state index in [4.69, 9.17) is 23.2 Å². The van der Waals surface area contributed by atoms with Crippen LogP contribution in [-0.4, -0.2) is 29.7 Å². The summed E-state index contributed by atoms with van der Waals surface area (Å²) < 4.78 is 1.20. The van der Waals surface area contributed by atoms with Gasteiger partial charge < -0.3 is 0 Å². The molecule has 14 heavy (non-hydrogen) atoms. The van der Waals surface area contributed by atoms with Crippen molar-refractivity contribution in [2.45, 2.75) is 6.54 Å². The highest BCUT2D eigenvalue weighted by Crippen LogP contribution is 2.24. The first-order valence-corrected chi connectivity index (χ1v) is 7.08. The smallest absolute Gasteiger partial charge is 0.0743 e. The SMILES string of the molecule is ClCCN(CCCl)Cc1ccsc1Br. The van der Waals surface area contributed by atoms with Crippen LogP contribution in [0.1, 0.15) is 5.56 Å². The molecule has 0 saturated carbocycles. The normalized spacial score (nSPS) is 11.1. The third kappa shape index (κ3) is 4.07. The summed E-state index contributed by atoms with van der Waals surface area (Å²) >= 11 is 16.7. The number of hydrogen-bond acceptors (Lipinski definition) is 2. The van der Waals surface area contributed by atoms with E-state index >= 15 is 0 Å². The largest absolute Gasteiger partial charge is 0.297 e. The van der Waals surface area contributed by atoms with Crippen LogP contribution >= 0.6 is 50.5 Å². The first-order valence-electron chi connectivity index (χ1n) is 4.34. The summed E-state index contributed by atoms with van der Waals surface area (Å²) in [7, 11) is 0. The van der Waals surface area contributed by atoms with Gasteiger partial charge in [0.1, 0.15) is 0 Å². The summed E-state index contributed by atoms with van der Waals surface area (Å²) in [5, 5.41) is 2.08. The van der Waals surface area contributed by atoms with Gasteiger partial charge in [0.2, 0.25) is 0 Å². The summed E-state index contributed by atoms with van der Waals surface area (Å²) in [5.41, 5.74) is 1.31. The molecule has 0 radical (unpaired) electrons. The molecule has 0 spiro atoms. The van der Waals surface area contributed by atoms with Crippen LogP contribution in [0.2, 0.25) is 0 Å². The van der Waals surface area contributed by atoms with E-state index in [1.165, 1.54) is 9.35 Å². The van der Waals surface area contributed by atoms with E-state index in [9.17, 15) is 0 Å². The Balaban J connectivity index is 2.50. The quantitative estimate of drug-likeness (QED) is 0.722. The topological polar surface area (TPSA) is 3.24 Å². The summed E-state index contributed by atoms with van der Waals surface area (Å²) in [5.74, 6) is 1.30. The number of halogens is 3. The van der Waals surface area contributed by atoms with Crippen molar-refractivity contribution in [1.29, 1.82) is 0 Å². The molecule has 1 rings (SSSR count). The van der Waals surface area contributed by atoms with Crippen molar-refractivity contribution in [3.63, 3.8) is 0 Å². The molecule has 0 aliphatic heterocycles. The van der Waals surface area contributed by atoms with Crippen LogP contribution in [0.25, 0.3) is 0 Å². The van der Waals surface area contributed by atoms with Gasteiger partial charge in [0.25, 0.3) is 0 Å². The third-order valence-electron chi connectivity index (χ3n) is 1.89. The molecule has 0 aliphatic carbocycles. The first kappa shape index (κ1) is 12.8. The van der Waals surface area contributed by atoms with E-state index in [0.717, 1.165) is 19.6 Å². The van der Waals surface area contributed by atoms with E-state index in [0.29, 0.717) is 11.8 Å². The summed E-state index contributed by atoms with van der Waals surface area (Å²) in [6.45, 7) is 2.69. The molecule has 0 atom stereocenters. The molecule has 80 valence electrons. The van der Waals surface area contributed by atoms with Crippen LogP contribution in [0.4, 0.5) is 0 Å². The Morgan fingerprint density at radius 2 is 1.93 bits per heavy atom. The molecule has 1 heterocycles. The second kappa shape index (κ2) is 7.07. The summed E-state index contributed by atoms with van der Waals surface area (Å²) in [4.78, 5) is 2.26. The molecule has 0 aliphatic rings. The van der Waals surface area contributed by atoms with Gasteiger partial charge in [0.15, 0.2) is 0 Å². The van der Waals surface area contributed by atoms with Crippen molar-refractivity contribution in [3.8, 4) is 0 Å². The highest BCUT2D eigenvalue weighted by atomic mass is 79.9. The lowest BCUT2D eigenvalue weighted by Crippen LogP contribution is -2.27. The minimum atomic E-state index is 0.651. The zero-order valence-corrected chi connectivity index (χ0v) is 11.6. The van der Waals surface area contributed by atoms with E-state index in [-0.39, 0.29) is 0 Å². The number of hydrogen-bond donors (Lipinski definition) is 0. The fraction of sp³-hybridized carbons (Fsp3) is 0.556. The van der Waals surface area contributed by atoms with Crippen molar-refractivity contribution < 1.29 is 0 Å². The molecule has 0 bridgehead atoms. The first-order chi connectivity index (χ1) is 6.77. The van der Waals surface area contributed by atoms with Crippen LogP contribution in [-0.2, 0) is 6.54 Å². The van der Waals surface area contributed by atoms with Crippen LogP contribution in [0, 0.1) is 0 Å². The average molecular weight is 317 g/mol. The molecule has 1 nitrogen and oxygen atoms in total. The van der Waals surface area contributed by atoms with Crippen molar-refractivity contribution in [2.75, 3.05) is 24.8 Å². The molecule has 1 aromatic heterocycles. The Bertz CT molecular complexity index is 261. The van der Waals surface area contributed by atoms with Gasteiger partial charge in [-0.05, 0) is 32.9 Å². The zero-order chi connectivity index (χ0) is 10.4. The van der Waals surface area contributed by atoms with E-state index in [1.807, 2.05) is 0 Å².